The second-order valence-corrected chi connectivity index (χ2v) is 3.11. The fourth-order valence-corrected chi connectivity index (χ4v) is 1.04. The van der Waals surface area contributed by atoms with Crippen LogP contribution in [0.2, 0.25) is 0 Å². The number of hydrogen-bond donors (Lipinski definition) is 3. The second kappa shape index (κ2) is 5.08. The molecule has 0 aliphatic carbocycles. The van der Waals surface area contributed by atoms with Gasteiger partial charge in [0.15, 0.2) is 0 Å². The average Bonchev–Trinajstić information content (AvgIpc) is 2.26. The quantitative estimate of drug-likeness (QED) is 0.475. The van der Waals surface area contributed by atoms with Crippen LogP contribution in [0.5, 0.6) is 0 Å². The van der Waals surface area contributed by atoms with Crippen LogP contribution >= 0.6 is 0 Å². The molecule has 0 aliphatic heterocycles. The predicted octanol–water partition coefficient (Wildman–Crippen LogP) is -0.147. The van der Waals surface area contributed by atoms with Crippen LogP contribution in [0, 0.1) is 10.1 Å². The van der Waals surface area contributed by atoms with Crippen molar-refractivity contribution in [3.05, 3.63) is 34.4 Å². The molecule has 0 saturated heterocycles. The molecule has 1 aromatic carbocycles. The molecule has 0 radical (unpaired) electrons. The molecule has 0 saturated carbocycles. The van der Waals surface area contributed by atoms with E-state index in [9.17, 15) is 14.9 Å². The Morgan fingerprint density at radius 2 is 2.31 bits per heavy atom. The number of benzene rings is 1. The van der Waals surface area contributed by atoms with Crippen molar-refractivity contribution in [2.45, 2.75) is 6.10 Å². The van der Waals surface area contributed by atoms with Crippen LogP contribution in [0.1, 0.15) is 0 Å². The van der Waals surface area contributed by atoms with Gasteiger partial charge < -0.3 is 16.2 Å². The van der Waals surface area contributed by atoms with Crippen molar-refractivity contribution < 1.29 is 14.8 Å². The highest BCUT2D eigenvalue weighted by Gasteiger charge is 2.11. The van der Waals surface area contributed by atoms with E-state index in [1.165, 1.54) is 18.2 Å². The first-order valence-electron chi connectivity index (χ1n) is 4.46. The Labute approximate surface area is 91.0 Å². The van der Waals surface area contributed by atoms with Crippen molar-refractivity contribution in [2.24, 2.45) is 5.73 Å². The number of carbonyl (C=O) groups is 1. The number of nitrogens with zero attached hydrogens (tertiary/aromatic N) is 1. The summed E-state index contributed by atoms with van der Waals surface area (Å²) in [6.45, 7) is -0.0868. The fourth-order valence-electron chi connectivity index (χ4n) is 1.04. The number of aliphatic hydroxyl groups is 1. The van der Waals surface area contributed by atoms with Crippen LogP contribution < -0.4 is 11.1 Å². The van der Waals surface area contributed by atoms with E-state index in [1.807, 2.05) is 0 Å². The van der Waals surface area contributed by atoms with Crippen LogP contribution in [-0.4, -0.2) is 28.6 Å². The molecule has 7 heteroatoms. The van der Waals surface area contributed by atoms with E-state index in [-0.39, 0.29) is 12.2 Å². The van der Waals surface area contributed by atoms with Crippen molar-refractivity contribution in [3.8, 4) is 0 Å². The Balaban J connectivity index is 2.64. The van der Waals surface area contributed by atoms with Gasteiger partial charge in [0.2, 0.25) is 5.91 Å². The van der Waals surface area contributed by atoms with Crippen molar-refractivity contribution in [1.82, 2.24) is 0 Å². The zero-order valence-corrected chi connectivity index (χ0v) is 8.29. The van der Waals surface area contributed by atoms with E-state index in [0.717, 1.165) is 0 Å². The molecule has 1 unspecified atom stereocenters. The summed E-state index contributed by atoms with van der Waals surface area (Å²) >= 11 is 0. The molecule has 86 valence electrons. The number of hydrogen-bond acceptors (Lipinski definition) is 5. The van der Waals surface area contributed by atoms with Gasteiger partial charge in [-0.2, -0.15) is 0 Å². The number of nitro groups is 1. The topological polar surface area (TPSA) is 118 Å². The molecule has 1 rings (SSSR count). The van der Waals surface area contributed by atoms with Crippen LogP contribution in [0.15, 0.2) is 24.3 Å². The Morgan fingerprint density at radius 1 is 1.62 bits per heavy atom. The van der Waals surface area contributed by atoms with E-state index in [0.29, 0.717) is 5.69 Å². The normalized spacial score (nSPS) is 11.8. The molecule has 0 fully saturated rings. The van der Waals surface area contributed by atoms with Gasteiger partial charge in [-0.1, -0.05) is 6.07 Å². The number of primary amides is 1. The number of anilines is 1. The second-order valence-electron chi connectivity index (χ2n) is 3.11. The first-order chi connectivity index (χ1) is 7.50. The average molecular weight is 225 g/mol. The van der Waals surface area contributed by atoms with Gasteiger partial charge in [-0.3, -0.25) is 14.9 Å². The largest absolute Gasteiger partial charge is 0.382 e. The molecule has 0 aliphatic rings. The first kappa shape index (κ1) is 11.9. The predicted molar refractivity (Wildman–Crippen MR) is 56.8 cm³/mol. The Bertz CT molecular complexity index is 407. The molecule has 4 N–H and O–H groups in total. The molecule has 0 heterocycles. The van der Waals surface area contributed by atoms with Crippen LogP contribution in [0.3, 0.4) is 0 Å². The van der Waals surface area contributed by atoms with E-state index < -0.39 is 16.9 Å². The van der Waals surface area contributed by atoms with Gasteiger partial charge in [0.25, 0.3) is 5.69 Å². The highest BCUT2D eigenvalue weighted by Crippen LogP contribution is 2.16. The molecular formula is C9H11N3O4. The fraction of sp³-hybridized carbons (Fsp3) is 0.222. The Hall–Kier alpha value is -2.15. The minimum Gasteiger partial charge on any atom is -0.382 e. The first-order valence-corrected chi connectivity index (χ1v) is 4.46. The number of carbonyl (C=O) groups excluding carboxylic acids is 1. The van der Waals surface area contributed by atoms with Crippen LogP contribution in [0.25, 0.3) is 0 Å². The molecule has 1 atom stereocenters. The standard InChI is InChI=1S/C9H11N3O4/c10-9(14)8(13)5-11-6-2-1-3-7(4-6)12(15)16/h1-4,8,11,13H,5H2,(H2,10,14). The van der Waals surface area contributed by atoms with Gasteiger partial charge in [-0.15, -0.1) is 0 Å². The Kier molecular flexibility index (Phi) is 3.78. The van der Waals surface area contributed by atoms with E-state index >= 15 is 0 Å². The van der Waals surface area contributed by atoms with Gasteiger partial charge in [0, 0.05) is 24.4 Å². The number of rotatable bonds is 5. The maximum Gasteiger partial charge on any atom is 0.271 e. The minimum atomic E-state index is -1.32. The van der Waals surface area contributed by atoms with Crippen LogP contribution in [-0.2, 0) is 4.79 Å². The van der Waals surface area contributed by atoms with E-state index in [1.54, 1.807) is 6.07 Å². The zero-order valence-electron chi connectivity index (χ0n) is 8.29. The molecular weight excluding hydrogens is 214 g/mol. The number of aliphatic hydroxyl groups excluding tert-OH is 1. The lowest BCUT2D eigenvalue weighted by Crippen LogP contribution is -2.34. The SMILES string of the molecule is NC(=O)C(O)CNc1cccc([N+](=O)[O-])c1. The summed E-state index contributed by atoms with van der Waals surface area (Å²) in [5, 5.41) is 22.2. The monoisotopic (exact) mass is 225 g/mol. The summed E-state index contributed by atoms with van der Waals surface area (Å²) in [4.78, 5) is 20.4. The lowest BCUT2D eigenvalue weighted by atomic mass is 10.2. The summed E-state index contributed by atoms with van der Waals surface area (Å²) in [6, 6.07) is 5.72. The number of amides is 1. The summed E-state index contributed by atoms with van der Waals surface area (Å²) in [6.07, 6.45) is -1.32. The lowest BCUT2D eigenvalue weighted by molar-refractivity contribution is -0.384. The Morgan fingerprint density at radius 3 is 2.88 bits per heavy atom. The number of nitrogens with two attached hydrogens (primary N) is 1. The van der Waals surface area contributed by atoms with Crippen molar-refractivity contribution in [3.63, 3.8) is 0 Å². The molecule has 7 nitrogen and oxygen atoms in total. The van der Waals surface area contributed by atoms with Crippen molar-refractivity contribution in [1.29, 1.82) is 0 Å². The maximum atomic E-state index is 10.5. The maximum absolute atomic E-state index is 10.5. The molecule has 16 heavy (non-hydrogen) atoms. The van der Waals surface area contributed by atoms with E-state index in [2.05, 4.69) is 5.32 Å². The summed E-state index contributed by atoms with van der Waals surface area (Å²) in [5.41, 5.74) is 5.21. The number of nitrogens with one attached hydrogen (secondary N) is 1. The summed E-state index contributed by atoms with van der Waals surface area (Å²) in [5.74, 6) is -0.849. The van der Waals surface area contributed by atoms with Gasteiger partial charge in [-0.05, 0) is 6.07 Å². The highest BCUT2D eigenvalue weighted by molar-refractivity contribution is 5.79. The van der Waals surface area contributed by atoms with Crippen molar-refractivity contribution >= 4 is 17.3 Å². The van der Waals surface area contributed by atoms with Gasteiger partial charge in [0.1, 0.15) is 6.10 Å². The minimum absolute atomic E-state index is 0.0708. The molecule has 0 aromatic heterocycles. The molecule has 0 spiro atoms. The smallest absolute Gasteiger partial charge is 0.271 e. The van der Waals surface area contributed by atoms with Gasteiger partial charge in [-0.25, -0.2) is 0 Å². The molecule has 1 amide bonds. The highest BCUT2D eigenvalue weighted by atomic mass is 16.6. The molecule has 0 bridgehead atoms. The summed E-state index contributed by atoms with van der Waals surface area (Å²) < 4.78 is 0. The van der Waals surface area contributed by atoms with Gasteiger partial charge >= 0.3 is 0 Å². The third-order valence-corrected chi connectivity index (χ3v) is 1.88. The van der Waals surface area contributed by atoms with E-state index in [4.69, 9.17) is 10.8 Å². The third kappa shape index (κ3) is 3.21. The number of nitro benzene ring substituents is 1. The van der Waals surface area contributed by atoms with Gasteiger partial charge in [0.05, 0.1) is 4.92 Å². The molecule has 1 aromatic rings. The number of non-ortho nitro benzene ring substituents is 1. The van der Waals surface area contributed by atoms with Crippen molar-refractivity contribution in [2.75, 3.05) is 11.9 Å². The zero-order chi connectivity index (χ0) is 12.1. The third-order valence-electron chi connectivity index (χ3n) is 1.88. The van der Waals surface area contributed by atoms with Crippen LogP contribution in [0.4, 0.5) is 11.4 Å². The summed E-state index contributed by atoms with van der Waals surface area (Å²) in [7, 11) is 0. The lowest BCUT2D eigenvalue weighted by Gasteiger charge is -2.09.